The Kier molecular flexibility index (Phi) is 4.83. The number of carbonyl (C=O) groups excluding carboxylic acids is 1. The van der Waals surface area contributed by atoms with Crippen molar-refractivity contribution in [3.8, 4) is 0 Å². The molecule has 0 fully saturated rings. The van der Waals surface area contributed by atoms with Crippen LogP contribution >= 0.6 is 0 Å². The van der Waals surface area contributed by atoms with Crippen LogP contribution in [0.3, 0.4) is 0 Å². The molecule has 0 aliphatic heterocycles. The van der Waals surface area contributed by atoms with Crippen LogP contribution in [-0.4, -0.2) is 20.7 Å². The summed E-state index contributed by atoms with van der Waals surface area (Å²) in [5.74, 6) is -0.856. The number of nitrogens with one attached hydrogen (secondary N) is 2. The number of nitrogens with zero attached hydrogens (tertiary/aromatic N) is 3. The number of amides is 1. The number of rotatable bonds is 6. The van der Waals surface area contributed by atoms with Crippen LogP contribution in [0.5, 0.6) is 0 Å². The topological polar surface area (TPSA) is 171 Å². The normalized spacial score (nSPS) is 9.92. The van der Waals surface area contributed by atoms with Crippen LogP contribution in [0.1, 0.15) is 10.4 Å². The van der Waals surface area contributed by atoms with Gasteiger partial charge in [0.2, 0.25) is 0 Å². The fourth-order valence-electron chi connectivity index (χ4n) is 1.80. The third-order valence-corrected chi connectivity index (χ3v) is 2.98. The monoisotopic (exact) mass is 347 g/mol. The Labute approximate surface area is 138 Å². The van der Waals surface area contributed by atoms with Crippen molar-refractivity contribution in [3.05, 3.63) is 78.4 Å². The Morgan fingerprint density at radius 3 is 1.68 bits per heavy atom. The van der Waals surface area contributed by atoms with E-state index < -0.39 is 32.1 Å². The van der Waals surface area contributed by atoms with Gasteiger partial charge in [-0.15, -0.1) is 0 Å². The van der Waals surface area contributed by atoms with E-state index in [2.05, 4.69) is 10.9 Å². The summed E-state index contributed by atoms with van der Waals surface area (Å²) in [6.07, 6.45) is 0. The van der Waals surface area contributed by atoms with Crippen LogP contribution in [0.2, 0.25) is 0 Å². The van der Waals surface area contributed by atoms with Crippen molar-refractivity contribution in [1.29, 1.82) is 0 Å². The molecule has 2 aromatic rings. The Hall–Kier alpha value is -4.09. The van der Waals surface area contributed by atoms with E-state index in [9.17, 15) is 35.1 Å². The lowest BCUT2D eigenvalue weighted by Gasteiger charge is -2.08. The first-order valence-corrected chi connectivity index (χ1v) is 6.52. The van der Waals surface area contributed by atoms with Gasteiger partial charge in [-0.05, 0) is 12.1 Å². The zero-order valence-corrected chi connectivity index (χ0v) is 12.2. The lowest BCUT2D eigenvalue weighted by molar-refractivity contribution is -0.394. The van der Waals surface area contributed by atoms with E-state index in [0.717, 1.165) is 18.2 Å². The van der Waals surface area contributed by atoms with Gasteiger partial charge >= 0.3 is 0 Å². The molecule has 0 aromatic heterocycles. The van der Waals surface area contributed by atoms with Gasteiger partial charge in [-0.25, -0.2) is 0 Å². The summed E-state index contributed by atoms with van der Waals surface area (Å²) >= 11 is 0. The lowest BCUT2D eigenvalue weighted by atomic mass is 10.1. The van der Waals surface area contributed by atoms with E-state index in [4.69, 9.17) is 0 Å². The van der Waals surface area contributed by atoms with Crippen LogP contribution in [0.15, 0.2) is 42.5 Å². The summed E-state index contributed by atoms with van der Waals surface area (Å²) < 4.78 is 0. The van der Waals surface area contributed by atoms with Gasteiger partial charge in [0.05, 0.1) is 32.1 Å². The maximum absolute atomic E-state index is 12.0. The number of hydrogen-bond acceptors (Lipinski definition) is 8. The van der Waals surface area contributed by atoms with Crippen molar-refractivity contribution >= 4 is 28.7 Å². The second-order valence-electron chi connectivity index (χ2n) is 4.64. The van der Waals surface area contributed by atoms with Crippen molar-refractivity contribution in [2.24, 2.45) is 0 Å². The van der Waals surface area contributed by atoms with Gasteiger partial charge in [0.1, 0.15) is 0 Å². The van der Waals surface area contributed by atoms with Gasteiger partial charge in [-0.3, -0.25) is 46.0 Å². The molecule has 0 bridgehead atoms. The highest BCUT2D eigenvalue weighted by Crippen LogP contribution is 2.22. The molecule has 0 aliphatic carbocycles. The lowest BCUT2D eigenvalue weighted by Crippen LogP contribution is -2.29. The van der Waals surface area contributed by atoms with E-state index in [1.807, 2.05) is 0 Å². The Morgan fingerprint density at radius 1 is 0.760 bits per heavy atom. The number of benzene rings is 2. The maximum Gasteiger partial charge on any atom is 0.277 e. The third-order valence-electron chi connectivity index (χ3n) is 2.98. The summed E-state index contributed by atoms with van der Waals surface area (Å²) in [5.41, 5.74) is 3.29. The van der Waals surface area contributed by atoms with Crippen molar-refractivity contribution in [2.75, 3.05) is 5.43 Å². The molecule has 12 nitrogen and oxygen atoms in total. The largest absolute Gasteiger partial charge is 0.298 e. The molecule has 0 saturated carbocycles. The van der Waals surface area contributed by atoms with Gasteiger partial charge in [0.15, 0.2) is 0 Å². The predicted octanol–water partition coefficient (Wildman–Crippen LogP) is 2.17. The van der Waals surface area contributed by atoms with Crippen molar-refractivity contribution < 1.29 is 19.6 Å². The van der Waals surface area contributed by atoms with E-state index in [0.29, 0.717) is 5.69 Å². The van der Waals surface area contributed by atoms with Gasteiger partial charge in [-0.2, -0.15) is 0 Å². The molecule has 2 rings (SSSR count). The number of hydrogen-bond donors (Lipinski definition) is 2. The van der Waals surface area contributed by atoms with E-state index in [1.165, 1.54) is 24.3 Å². The first-order valence-electron chi connectivity index (χ1n) is 6.52. The van der Waals surface area contributed by atoms with Crippen LogP contribution in [0.25, 0.3) is 0 Å². The Bertz CT molecular complexity index is 833. The van der Waals surface area contributed by atoms with E-state index in [-0.39, 0.29) is 11.3 Å². The van der Waals surface area contributed by atoms with Crippen molar-refractivity contribution in [1.82, 2.24) is 5.43 Å². The Morgan fingerprint density at radius 2 is 1.24 bits per heavy atom. The van der Waals surface area contributed by atoms with E-state index in [1.54, 1.807) is 0 Å². The maximum atomic E-state index is 12.0. The highest BCUT2D eigenvalue weighted by atomic mass is 16.6. The molecule has 0 aliphatic rings. The fraction of sp³-hybridized carbons (Fsp3) is 0. The molecule has 0 radical (unpaired) electrons. The van der Waals surface area contributed by atoms with Crippen molar-refractivity contribution in [2.45, 2.75) is 0 Å². The summed E-state index contributed by atoms with van der Waals surface area (Å²) in [6.45, 7) is 0. The van der Waals surface area contributed by atoms with Gasteiger partial charge < -0.3 is 0 Å². The molecule has 0 saturated heterocycles. The Balaban J connectivity index is 2.16. The number of non-ortho nitro benzene ring substituents is 3. The standard InChI is InChI=1S/C13H9N5O7/c19-13(15-14-9-1-3-10(4-2-9)16(20)21)8-5-11(17(22)23)7-12(6-8)18(24)25/h1-7,14H,(H,15,19). The van der Waals surface area contributed by atoms with Gasteiger partial charge in [-0.1, -0.05) is 0 Å². The zero-order chi connectivity index (χ0) is 18.6. The molecule has 12 heteroatoms. The molecule has 0 spiro atoms. The number of hydrazine groups is 1. The van der Waals surface area contributed by atoms with Gasteiger partial charge in [0, 0.05) is 24.3 Å². The van der Waals surface area contributed by atoms with Crippen LogP contribution in [0.4, 0.5) is 22.7 Å². The molecule has 25 heavy (non-hydrogen) atoms. The predicted molar refractivity (Wildman–Crippen MR) is 83.9 cm³/mol. The zero-order valence-electron chi connectivity index (χ0n) is 12.2. The van der Waals surface area contributed by atoms with Crippen LogP contribution in [0, 0.1) is 30.3 Å². The molecular weight excluding hydrogens is 338 g/mol. The summed E-state index contributed by atoms with van der Waals surface area (Å²) in [5, 5.41) is 32.1. The van der Waals surface area contributed by atoms with Crippen LogP contribution in [-0.2, 0) is 0 Å². The summed E-state index contributed by atoms with van der Waals surface area (Å²) in [6, 6.07) is 7.57. The smallest absolute Gasteiger partial charge is 0.277 e. The highest BCUT2D eigenvalue weighted by molar-refractivity contribution is 5.96. The second-order valence-corrected chi connectivity index (χ2v) is 4.64. The van der Waals surface area contributed by atoms with Crippen molar-refractivity contribution in [3.63, 3.8) is 0 Å². The molecular formula is C13H9N5O7. The number of nitro benzene ring substituents is 3. The van der Waals surface area contributed by atoms with E-state index >= 15 is 0 Å². The average molecular weight is 347 g/mol. The quantitative estimate of drug-likeness (QED) is 0.591. The fourth-order valence-corrected chi connectivity index (χ4v) is 1.80. The average Bonchev–Trinajstić information content (AvgIpc) is 2.59. The SMILES string of the molecule is O=C(NNc1ccc([N+](=O)[O-])cc1)c1cc([N+](=O)[O-])cc([N+](=O)[O-])c1. The number of nitro groups is 3. The first-order chi connectivity index (χ1) is 11.8. The molecule has 1 amide bonds. The number of carbonyl (C=O) groups is 1. The van der Waals surface area contributed by atoms with Crippen LogP contribution < -0.4 is 10.9 Å². The molecule has 0 unspecified atom stereocenters. The number of anilines is 1. The second kappa shape index (κ2) is 6.99. The first kappa shape index (κ1) is 17.3. The minimum Gasteiger partial charge on any atom is -0.298 e. The highest BCUT2D eigenvalue weighted by Gasteiger charge is 2.19. The molecule has 0 heterocycles. The third kappa shape index (κ3) is 4.22. The summed E-state index contributed by atoms with van der Waals surface area (Å²) in [4.78, 5) is 41.9. The van der Waals surface area contributed by atoms with Gasteiger partial charge in [0.25, 0.3) is 23.0 Å². The minimum absolute atomic E-state index is 0.147. The molecule has 2 aromatic carbocycles. The molecule has 2 N–H and O–H groups in total. The minimum atomic E-state index is -0.856. The molecule has 0 atom stereocenters. The summed E-state index contributed by atoms with van der Waals surface area (Å²) in [7, 11) is 0. The molecule has 128 valence electrons.